The van der Waals surface area contributed by atoms with Gasteiger partial charge in [-0.1, -0.05) is 12.5 Å². The number of carbonyl (C=O) groups is 1. The molecule has 1 aromatic rings. The second-order valence-corrected chi connectivity index (χ2v) is 6.83. The maximum absolute atomic E-state index is 10.6. The van der Waals surface area contributed by atoms with Crippen LogP contribution in [0.3, 0.4) is 0 Å². The van der Waals surface area contributed by atoms with Crippen molar-refractivity contribution in [2.45, 2.75) is 37.6 Å². The third kappa shape index (κ3) is 6.15. The highest BCUT2D eigenvalue weighted by Gasteiger charge is 2.46. The van der Waals surface area contributed by atoms with Crippen LogP contribution in [0.15, 0.2) is 24.5 Å². The van der Waals surface area contributed by atoms with Gasteiger partial charge in [0.05, 0.1) is 18.8 Å². The number of hydrogen-bond acceptors (Lipinski definition) is 5. The number of ether oxygens (including phenoxy) is 2. The van der Waals surface area contributed by atoms with Gasteiger partial charge in [-0.25, -0.2) is 4.79 Å². The molecule has 2 heterocycles. The van der Waals surface area contributed by atoms with Gasteiger partial charge in [-0.2, -0.15) is 13.2 Å². The first-order valence-electron chi connectivity index (χ1n) is 8.81. The van der Waals surface area contributed by atoms with Crippen molar-refractivity contribution in [2.75, 3.05) is 33.4 Å². The van der Waals surface area contributed by atoms with Crippen molar-refractivity contribution in [3.63, 3.8) is 0 Å². The van der Waals surface area contributed by atoms with Gasteiger partial charge in [0.25, 0.3) is 0 Å². The van der Waals surface area contributed by atoms with Crippen LogP contribution >= 0.6 is 0 Å². The minimum absolute atomic E-state index is 0.0243. The molecule has 1 aliphatic carbocycles. The number of aromatic nitrogens is 1. The standard InChI is InChI=1S/C16H24N2O2.C2HF3O2/c1-19-12-15-5-2-6-16(15)13-18(8-9-20-16)11-14-4-3-7-17-10-14;3-2(4,5)1(6)7/h3-4,7,10,15H,2,5-6,8-9,11-13H2,1H3;(H,6,7)/t15-,16+;/m0./s1. The minimum Gasteiger partial charge on any atom is -0.475 e. The summed E-state index contributed by atoms with van der Waals surface area (Å²) in [5.74, 6) is -2.21. The number of hydrogen-bond donors (Lipinski definition) is 1. The zero-order chi connectivity index (χ0) is 19.9. The normalized spacial score (nSPS) is 25.9. The lowest BCUT2D eigenvalue weighted by atomic mass is 9.89. The second-order valence-electron chi connectivity index (χ2n) is 6.83. The summed E-state index contributed by atoms with van der Waals surface area (Å²) in [5.41, 5.74) is 1.31. The predicted octanol–water partition coefficient (Wildman–Crippen LogP) is 2.73. The van der Waals surface area contributed by atoms with Crippen molar-refractivity contribution in [2.24, 2.45) is 5.92 Å². The van der Waals surface area contributed by atoms with Crippen molar-refractivity contribution < 1.29 is 32.5 Å². The fourth-order valence-electron chi connectivity index (χ4n) is 3.72. The summed E-state index contributed by atoms with van der Waals surface area (Å²) in [6.07, 6.45) is 2.37. The number of pyridine rings is 1. The van der Waals surface area contributed by atoms with E-state index in [1.54, 1.807) is 7.11 Å². The number of aliphatic carboxylic acids is 1. The van der Waals surface area contributed by atoms with Crippen LogP contribution in [0.25, 0.3) is 0 Å². The van der Waals surface area contributed by atoms with E-state index in [0.717, 1.165) is 32.8 Å². The lowest BCUT2D eigenvalue weighted by Crippen LogP contribution is -2.54. The van der Waals surface area contributed by atoms with E-state index >= 15 is 0 Å². The molecule has 3 rings (SSSR count). The van der Waals surface area contributed by atoms with Crippen molar-refractivity contribution in [1.82, 2.24) is 9.88 Å². The summed E-state index contributed by atoms with van der Waals surface area (Å²) in [6, 6.07) is 4.16. The fourth-order valence-corrected chi connectivity index (χ4v) is 3.72. The molecule has 0 amide bonds. The molecule has 0 bridgehead atoms. The van der Waals surface area contributed by atoms with Crippen LogP contribution in [0.2, 0.25) is 0 Å². The molecule has 1 spiro atoms. The summed E-state index contributed by atoms with van der Waals surface area (Å²) in [4.78, 5) is 15.6. The molecule has 2 aliphatic rings. The average molecular weight is 390 g/mol. The quantitative estimate of drug-likeness (QED) is 0.853. The number of alkyl halides is 3. The van der Waals surface area contributed by atoms with Crippen molar-refractivity contribution >= 4 is 5.97 Å². The van der Waals surface area contributed by atoms with Crippen LogP contribution in [-0.2, 0) is 20.8 Å². The van der Waals surface area contributed by atoms with Gasteiger partial charge in [0.2, 0.25) is 0 Å². The number of morpholine rings is 1. The van der Waals surface area contributed by atoms with Crippen LogP contribution in [0.4, 0.5) is 13.2 Å². The van der Waals surface area contributed by atoms with Gasteiger partial charge >= 0.3 is 12.1 Å². The Morgan fingerprint density at radius 3 is 2.85 bits per heavy atom. The SMILES string of the molecule is COC[C@@H]1CCC[C@@]12CN(Cc1cccnc1)CCO2.O=C(O)C(F)(F)F. The van der Waals surface area contributed by atoms with Crippen molar-refractivity contribution in [1.29, 1.82) is 0 Å². The van der Waals surface area contributed by atoms with Gasteiger partial charge in [-0.05, 0) is 24.5 Å². The second kappa shape index (κ2) is 9.48. The molecule has 1 saturated heterocycles. The molecule has 0 radical (unpaired) electrons. The number of carboxylic acids is 1. The van der Waals surface area contributed by atoms with Gasteiger partial charge in [-0.3, -0.25) is 9.88 Å². The first-order valence-corrected chi connectivity index (χ1v) is 8.81. The highest BCUT2D eigenvalue weighted by Crippen LogP contribution is 2.41. The molecule has 2 fully saturated rings. The van der Waals surface area contributed by atoms with Crippen LogP contribution in [0.1, 0.15) is 24.8 Å². The summed E-state index contributed by atoms with van der Waals surface area (Å²) in [5, 5.41) is 7.12. The Labute approximate surface area is 156 Å². The summed E-state index contributed by atoms with van der Waals surface area (Å²) in [7, 11) is 1.79. The molecule has 1 saturated carbocycles. The summed E-state index contributed by atoms with van der Waals surface area (Å²) in [6.45, 7) is 4.66. The Kier molecular flexibility index (Phi) is 7.58. The van der Waals surface area contributed by atoms with E-state index in [1.165, 1.54) is 24.8 Å². The van der Waals surface area contributed by atoms with Gasteiger partial charge in [0, 0.05) is 45.1 Å². The lowest BCUT2D eigenvalue weighted by Gasteiger charge is -2.44. The zero-order valence-corrected chi connectivity index (χ0v) is 15.2. The van der Waals surface area contributed by atoms with E-state index in [2.05, 4.69) is 16.0 Å². The van der Waals surface area contributed by atoms with Crippen molar-refractivity contribution in [3.8, 4) is 0 Å². The first kappa shape index (κ1) is 21.6. The Hall–Kier alpha value is -1.71. The molecular formula is C18H25F3N2O4. The minimum atomic E-state index is -5.08. The van der Waals surface area contributed by atoms with E-state index in [9.17, 15) is 13.2 Å². The van der Waals surface area contributed by atoms with Gasteiger partial charge in [0.1, 0.15) is 0 Å². The molecule has 0 unspecified atom stereocenters. The maximum atomic E-state index is 10.6. The molecule has 1 N–H and O–H groups in total. The molecule has 1 aromatic heterocycles. The fraction of sp³-hybridized carbons (Fsp3) is 0.667. The van der Waals surface area contributed by atoms with E-state index in [0.29, 0.717) is 5.92 Å². The molecule has 6 nitrogen and oxygen atoms in total. The van der Waals surface area contributed by atoms with E-state index in [-0.39, 0.29) is 5.60 Å². The Morgan fingerprint density at radius 1 is 1.52 bits per heavy atom. The maximum Gasteiger partial charge on any atom is 0.490 e. The number of nitrogens with zero attached hydrogens (tertiary/aromatic N) is 2. The lowest BCUT2D eigenvalue weighted by molar-refractivity contribution is -0.192. The van der Waals surface area contributed by atoms with Gasteiger partial charge in [-0.15, -0.1) is 0 Å². The Bertz CT molecular complexity index is 600. The third-order valence-electron chi connectivity index (χ3n) is 4.92. The van der Waals surface area contributed by atoms with Crippen LogP contribution in [0.5, 0.6) is 0 Å². The molecule has 0 aromatic carbocycles. The number of halogens is 3. The Balaban J connectivity index is 0.000000321. The Morgan fingerprint density at radius 2 is 2.26 bits per heavy atom. The monoisotopic (exact) mass is 390 g/mol. The molecule has 27 heavy (non-hydrogen) atoms. The molecule has 1 aliphatic heterocycles. The summed E-state index contributed by atoms with van der Waals surface area (Å²) >= 11 is 0. The van der Waals surface area contributed by atoms with E-state index < -0.39 is 12.1 Å². The average Bonchev–Trinajstić information content (AvgIpc) is 2.98. The molecule has 152 valence electrons. The topological polar surface area (TPSA) is 71.9 Å². The van der Waals surface area contributed by atoms with Crippen molar-refractivity contribution in [3.05, 3.63) is 30.1 Å². The predicted molar refractivity (Wildman–Crippen MR) is 91.1 cm³/mol. The van der Waals surface area contributed by atoms with E-state index in [4.69, 9.17) is 19.4 Å². The highest BCUT2D eigenvalue weighted by atomic mass is 19.4. The molecule has 9 heteroatoms. The summed E-state index contributed by atoms with van der Waals surface area (Å²) < 4.78 is 43.4. The van der Waals surface area contributed by atoms with Gasteiger partial charge in [0.15, 0.2) is 0 Å². The number of carboxylic acid groups (broad SMARTS) is 1. The number of rotatable bonds is 4. The highest BCUT2D eigenvalue weighted by molar-refractivity contribution is 5.73. The first-order chi connectivity index (χ1) is 12.8. The smallest absolute Gasteiger partial charge is 0.475 e. The van der Waals surface area contributed by atoms with Crippen LogP contribution in [0, 0.1) is 5.92 Å². The molecular weight excluding hydrogens is 365 g/mol. The zero-order valence-electron chi connectivity index (χ0n) is 15.2. The van der Waals surface area contributed by atoms with Gasteiger partial charge < -0.3 is 14.6 Å². The third-order valence-corrected chi connectivity index (χ3v) is 4.92. The largest absolute Gasteiger partial charge is 0.490 e. The number of methoxy groups -OCH3 is 1. The molecule has 2 atom stereocenters. The van der Waals surface area contributed by atoms with Crippen LogP contribution in [-0.4, -0.2) is 66.2 Å². The van der Waals surface area contributed by atoms with E-state index in [1.807, 2.05) is 18.5 Å². The van der Waals surface area contributed by atoms with Crippen LogP contribution < -0.4 is 0 Å².